The quantitative estimate of drug-likeness (QED) is 0.615. The van der Waals surface area contributed by atoms with Gasteiger partial charge < -0.3 is 10.1 Å². The van der Waals surface area contributed by atoms with Gasteiger partial charge in [0.1, 0.15) is 5.56 Å². The van der Waals surface area contributed by atoms with Crippen LogP contribution in [-0.2, 0) is 4.74 Å². The van der Waals surface area contributed by atoms with Crippen LogP contribution in [0.1, 0.15) is 28.5 Å². The van der Waals surface area contributed by atoms with Crippen molar-refractivity contribution in [3.8, 4) is 0 Å². The Kier molecular flexibility index (Phi) is 6.40. The number of esters is 1. The number of hydrogen-bond donors (Lipinski definition) is 1. The van der Waals surface area contributed by atoms with Crippen LogP contribution in [0.2, 0.25) is 5.02 Å². The molecule has 26 heavy (non-hydrogen) atoms. The Morgan fingerprint density at radius 1 is 1.23 bits per heavy atom. The predicted molar refractivity (Wildman–Crippen MR) is 107 cm³/mol. The molecule has 7 heteroatoms. The highest BCUT2D eigenvalue weighted by molar-refractivity contribution is 6.30. The SMILES string of the molecule is CCOC(=O)c1cnc2nc(C)ccc2c1Nc1ccc(Cl)cc1C.Cl. The fourth-order valence-corrected chi connectivity index (χ4v) is 2.80. The van der Waals surface area contributed by atoms with Gasteiger partial charge in [-0.1, -0.05) is 11.6 Å². The van der Waals surface area contributed by atoms with Crippen LogP contribution in [0.3, 0.4) is 0 Å². The summed E-state index contributed by atoms with van der Waals surface area (Å²) in [6.45, 7) is 5.91. The lowest BCUT2D eigenvalue weighted by Crippen LogP contribution is -2.10. The first-order chi connectivity index (χ1) is 12.0. The van der Waals surface area contributed by atoms with E-state index < -0.39 is 5.97 Å². The topological polar surface area (TPSA) is 64.1 Å². The molecule has 3 rings (SSSR count). The van der Waals surface area contributed by atoms with Crippen LogP contribution < -0.4 is 5.32 Å². The number of fused-ring (bicyclic) bond motifs is 1. The van der Waals surface area contributed by atoms with E-state index in [1.807, 2.05) is 38.1 Å². The van der Waals surface area contributed by atoms with Crippen molar-refractivity contribution in [3.05, 3.63) is 58.4 Å². The Morgan fingerprint density at radius 3 is 2.69 bits per heavy atom. The van der Waals surface area contributed by atoms with Crippen molar-refractivity contribution >= 4 is 52.4 Å². The largest absolute Gasteiger partial charge is 0.462 e. The molecule has 1 N–H and O–H groups in total. The number of ether oxygens (including phenoxy) is 1. The highest BCUT2D eigenvalue weighted by Gasteiger charge is 2.18. The number of hydrogen-bond acceptors (Lipinski definition) is 5. The molecule has 0 atom stereocenters. The van der Waals surface area contributed by atoms with Crippen LogP contribution in [0.4, 0.5) is 11.4 Å². The van der Waals surface area contributed by atoms with E-state index >= 15 is 0 Å². The first-order valence-corrected chi connectivity index (χ1v) is 8.34. The van der Waals surface area contributed by atoms with E-state index in [1.54, 1.807) is 13.0 Å². The van der Waals surface area contributed by atoms with Gasteiger partial charge in [0.2, 0.25) is 0 Å². The zero-order valence-electron chi connectivity index (χ0n) is 14.7. The smallest absolute Gasteiger partial charge is 0.341 e. The van der Waals surface area contributed by atoms with Crippen molar-refractivity contribution < 1.29 is 9.53 Å². The van der Waals surface area contributed by atoms with E-state index in [0.29, 0.717) is 28.5 Å². The maximum atomic E-state index is 12.4. The molecule has 136 valence electrons. The zero-order valence-corrected chi connectivity index (χ0v) is 16.2. The van der Waals surface area contributed by atoms with Gasteiger partial charge in [0.25, 0.3) is 0 Å². The molecule has 1 aromatic carbocycles. The third kappa shape index (κ3) is 4.06. The van der Waals surface area contributed by atoms with Gasteiger partial charge in [0.15, 0.2) is 5.65 Å². The summed E-state index contributed by atoms with van der Waals surface area (Å²) >= 11 is 6.03. The summed E-state index contributed by atoms with van der Waals surface area (Å²) in [6.07, 6.45) is 1.50. The highest BCUT2D eigenvalue weighted by Crippen LogP contribution is 2.31. The fraction of sp³-hybridized carbons (Fsp3) is 0.211. The minimum atomic E-state index is -0.424. The van der Waals surface area contributed by atoms with Crippen LogP contribution in [0.25, 0.3) is 11.0 Å². The molecule has 0 aliphatic heterocycles. The normalized spacial score (nSPS) is 10.3. The van der Waals surface area contributed by atoms with Crippen molar-refractivity contribution in [2.24, 2.45) is 0 Å². The molecule has 0 aliphatic rings. The Bertz CT molecular complexity index is 961. The van der Waals surface area contributed by atoms with Crippen molar-refractivity contribution in [1.82, 2.24) is 9.97 Å². The van der Waals surface area contributed by atoms with Gasteiger partial charge in [-0.15, -0.1) is 12.4 Å². The lowest BCUT2D eigenvalue weighted by atomic mass is 10.1. The number of aromatic nitrogens is 2. The monoisotopic (exact) mass is 391 g/mol. The molecule has 3 aromatic rings. The number of halogens is 2. The molecule has 0 aliphatic carbocycles. The number of nitrogens with one attached hydrogen (secondary N) is 1. The van der Waals surface area contributed by atoms with E-state index in [9.17, 15) is 4.79 Å². The fourth-order valence-electron chi connectivity index (χ4n) is 2.57. The standard InChI is InChI=1S/C19H18ClN3O2.ClH/c1-4-25-19(24)15-10-21-18-14(7-5-12(3)22-18)17(15)23-16-8-6-13(20)9-11(16)2;/h5-10H,4H2,1-3H3,(H,21,22,23);1H. The molecule has 0 saturated carbocycles. The maximum Gasteiger partial charge on any atom is 0.341 e. The summed E-state index contributed by atoms with van der Waals surface area (Å²) in [5.41, 5.74) is 4.24. The second kappa shape index (κ2) is 8.34. The molecule has 0 radical (unpaired) electrons. The summed E-state index contributed by atoms with van der Waals surface area (Å²) in [5.74, 6) is -0.424. The van der Waals surface area contributed by atoms with Gasteiger partial charge in [-0.2, -0.15) is 0 Å². The number of carbonyl (C=O) groups is 1. The number of anilines is 2. The van der Waals surface area contributed by atoms with Crippen molar-refractivity contribution in [3.63, 3.8) is 0 Å². The summed E-state index contributed by atoms with van der Waals surface area (Å²) in [6, 6.07) is 9.33. The number of carbonyl (C=O) groups excluding carboxylic acids is 1. The summed E-state index contributed by atoms with van der Waals surface area (Å²) in [7, 11) is 0. The molecule has 0 spiro atoms. The van der Waals surface area contributed by atoms with E-state index in [-0.39, 0.29) is 12.4 Å². The van der Waals surface area contributed by atoms with Crippen LogP contribution in [0.15, 0.2) is 36.5 Å². The molecular weight excluding hydrogens is 373 g/mol. The van der Waals surface area contributed by atoms with Crippen LogP contribution in [0.5, 0.6) is 0 Å². The van der Waals surface area contributed by atoms with Crippen LogP contribution in [-0.4, -0.2) is 22.5 Å². The Labute approximate surface area is 163 Å². The third-order valence-electron chi connectivity index (χ3n) is 3.81. The van der Waals surface area contributed by atoms with Crippen LogP contribution in [0, 0.1) is 13.8 Å². The van der Waals surface area contributed by atoms with Gasteiger partial charge in [-0.05, 0) is 56.7 Å². The molecule has 0 saturated heterocycles. The van der Waals surface area contributed by atoms with Gasteiger partial charge in [0, 0.05) is 28.0 Å². The van der Waals surface area contributed by atoms with E-state index in [1.165, 1.54) is 6.20 Å². The molecular formula is C19H19Cl2N3O2. The van der Waals surface area contributed by atoms with Gasteiger partial charge in [0.05, 0.1) is 12.3 Å². The van der Waals surface area contributed by atoms with E-state index in [0.717, 1.165) is 22.3 Å². The Hall–Kier alpha value is -2.37. The third-order valence-corrected chi connectivity index (χ3v) is 4.05. The zero-order chi connectivity index (χ0) is 18.0. The van der Waals surface area contributed by atoms with Crippen LogP contribution >= 0.6 is 24.0 Å². The van der Waals surface area contributed by atoms with E-state index in [4.69, 9.17) is 16.3 Å². The van der Waals surface area contributed by atoms with Crippen molar-refractivity contribution in [2.45, 2.75) is 20.8 Å². The first kappa shape index (κ1) is 19.9. The molecule has 0 bridgehead atoms. The average Bonchev–Trinajstić information content (AvgIpc) is 2.57. The number of pyridine rings is 2. The molecule has 2 heterocycles. The molecule has 0 fully saturated rings. The second-order valence-electron chi connectivity index (χ2n) is 5.68. The Balaban J connectivity index is 0.00000243. The minimum absolute atomic E-state index is 0. The first-order valence-electron chi connectivity index (χ1n) is 7.96. The van der Waals surface area contributed by atoms with Gasteiger partial charge >= 0.3 is 5.97 Å². The second-order valence-corrected chi connectivity index (χ2v) is 6.11. The molecule has 0 amide bonds. The van der Waals surface area contributed by atoms with Gasteiger partial charge in [-0.25, -0.2) is 14.8 Å². The molecule has 2 aromatic heterocycles. The average molecular weight is 392 g/mol. The van der Waals surface area contributed by atoms with Crippen molar-refractivity contribution in [1.29, 1.82) is 0 Å². The predicted octanol–water partition coefficient (Wildman–Crippen LogP) is 5.24. The summed E-state index contributed by atoms with van der Waals surface area (Å²) < 4.78 is 5.17. The lowest BCUT2D eigenvalue weighted by molar-refractivity contribution is 0.0527. The summed E-state index contributed by atoms with van der Waals surface area (Å²) in [4.78, 5) is 21.1. The lowest BCUT2D eigenvalue weighted by Gasteiger charge is -2.15. The number of aryl methyl sites for hydroxylation is 2. The van der Waals surface area contributed by atoms with E-state index in [2.05, 4.69) is 15.3 Å². The number of benzene rings is 1. The molecule has 5 nitrogen and oxygen atoms in total. The van der Waals surface area contributed by atoms with Crippen molar-refractivity contribution in [2.75, 3.05) is 11.9 Å². The molecule has 0 unspecified atom stereocenters. The number of nitrogens with zero attached hydrogens (tertiary/aromatic N) is 2. The Morgan fingerprint density at radius 2 is 2.00 bits per heavy atom. The highest BCUT2D eigenvalue weighted by atomic mass is 35.5. The van der Waals surface area contributed by atoms with Gasteiger partial charge in [-0.3, -0.25) is 0 Å². The minimum Gasteiger partial charge on any atom is -0.462 e. The summed E-state index contributed by atoms with van der Waals surface area (Å²) in [5, 5.41) is 4.74. The maximum absolute atomic E-state index is 12.4. The number of rotatable bonds is 4.